The van der Waals surface area contributed by atoms with Crippen LogP contribution in [0.5, 0.6) is 0 Å². The van der Waals surface area contributed by atoms with E-state index in [0.717, 1.165) is 5.56 Å². The van der Waals surface area contributed by atoms with Crippen LogP contribution in [0.4, 0.5) is 5.69 Å². The Bertz CT molecular complexity index is 1080. The minimum absolute atomic E-state index is 0.0373. The van der Waals surface area contributed by atoms with Crippen molar-refractivity contribution >= 4 is 21.6 Å². The van der Waals surface area contributed by atoms with Gasteiger partial charge in [0.05, 0.1) is 4.90 Å². The first kappa shape index (κ1) is 20.6. The average Bonchev–Trinajstić information content (AvgIpc) is 2.73. The number of carbonyl (C=O) groups is 1. The SMILES string of the molecule is CC(C)c1ccc(CNC(=O)c2cccc(S(=O)(=O)Nc3ccccc3)c2)cc1. The highest BCUT2D eigenvalue weighted by molar-refractivity contribution is 7.92. The number of hydrogen-bond donors (Lipinski definition) is 2. The van der Waals surface area contributed by atoms with Gasteiger partial charge in [-0.05, 0) is 47.4 Å². The van der Waals surface area contributed by atoms with Crippen LogP contribution in [0, 0.1) is 0 Å². The fraction of sp³-hybridized carbons (Fsp3) is 0.174. The van der Waals surface area contributed by atoms with E-state index in [1.165, 1.54) is 17.7 Å². The number of para-hydroxylation sites is 1. The molecule has 0 atom stereocenters. The molecule has 0 aliphatic carbocycles. The maximum absolute atomic E-state index is 12.6. The largest absolute Gasteiger partial charge is 0.348 e. The lowest BCUT2D eigenvalue weighted by molar-refractivity contribution is 0.0950. The molecule has 5 nitrogen and oxygen atoms in total. The number of carbonyl (C=O) groups excluding carboxylic acids is 1. The molecule has 6 heteroatoms. The van der Waals surface area contributed by atoms with Gasteiger partial charge < -0.3 is 5.32 Å². The van der Waals surface area contributed by atoms with E-state index >= 15 is 0 Å². The molecule has 0 aliphatic heterocycles. The first-order valence-corrected chi connectivity index (χ1v) is 10.9. The van der Waals surface area contributed by atoms with Gasteiger partial charge in [-0.3, -0.25) is 9.52 Å². The molecule has 3 aromatic carbocycles. The second kappa shape index (κ2) is 8.92. The van der Waals surface area contributed by atoms with Gasteiger partial charge in [-0.25, -0.2) is 8.42 Å². The van der Waals surface area contributed by atoms with Crippen molar-refractivity contribution in [2.24, 2.45) is 0 Å². The molecule has 150 valence electrons. The Morgan fingerprint density at radius 1 is 0.897 bits per heavy atom. The summed E-state index contributed by atoms with van der Waals surface area (Å²) < 4.78 is 27.7. The fourth-order valence-electron chi connectivity index (χ4n) is 2.83. The van der Waals surface area contributed by atoms with Crippen LogP contribution >= 0.6 is 0 Å². The van der Waals surface area contributed by atoms with Crippen LogP contribution in [0.1, 0.15) is 41.3 Å². The summed E-state index contributed by atoms with van der Waals surface area (Å²) in [7, 11) is -3.78. The summed E-state index contributed by atoms with van der Waals surface area (Å²) >= 11 is 0. The highest BCUT2D eigenvalue weighted by Gasteiger charge is 2.16. The molecule has 0 saturated heterocycles. The second-order valence-corrected chi connectivity index (χ2v) is 8.76. The van der Waals surface area contributed by atoms with Gasteiger partial charge in [0.15, 0.2) is 0 Å². The van der Waals surface area contributed by atoms with Crippen molar-refractivity contribution in [2.75, 3.05) is 4.72 Å². The number of nitrogens with one attached hydrogen (secondary N) is 2. The molecule has 29 heavy (non-hydrogen) atoms. The Balaban J connectivity index is 1.69. The summed E-state index contributed by atoms with van der Waals surface area (Å²) in [5.74, 6) is 0.127. The Hall–Kier alpha value is -3.12. The fourth-order valence-corrected chi connectivity index (χ4v) is 3.93. The van der Waals surface area contributed by atoms with E-state index in [-0.39, 0.29) is 10.8 Å². The topological polar surface area (TPSA) is 75.3 Å². The van der Waals surface area contributed by atoms with Crippen molar-refractivity contribution in [1.82, 2.24) is 5.32 Å². The van der Waals surface area contributed by atoms with Gasteiger partial charge in [0.2, 0.25) is 0 Å². The zero-order valence-corrected chi connectivity index (χ0v) is 17.2. The minimum Gasteiger partial charge on any atom is -0.348 e. The monoisotopic (exact) mass is 408 g/mol. The number of hydrogen-bond acceptors (Lipinski definition) is 3. The summed E-state index contributed by atoms with van der Waals surface area (Å²) in [5, 5.41) is 2.84. The number of rotatable bonds is 7. The van der Waals surface area contributed by atoms with Gasteiger partial charge in [-0.1, -0.05) is 62.4 Å². The third-order valence-corrected chi connectivity index (χ3v) is 5.91. The normalized spacial score (nSPS) is 11.3. The molecule has 1 amide bonds. The van der Waals surface area contributed by atoms with Crippen LogP contribution < -0.4 is 10.0 Å². The molecule has 3 rings (SSSR count). The van der Waals surface area contributed by atoms with E-state index in [9.17, 15) is 13.2 Å². The molecule has 3 aromatic rings. The van der Waals surface area contributed by atoms with E-state index in [4.69, 9.17) is 0 Å². The zero-order valence-electron chi connectivity index (χ0n) is 16.4. The minimum atomic E-state index is -3.78. The summed E-state index contributed by atoms with van der Waals surface area (Å²) in [5.41, 5.74) is 2.98. The molecule has 0 saturated carbocycles. The summed E-state index contributed by atoms with van der Waals surface area (Å²) in [6, 6.07) is 22.7. The van der Waals surface area contributed by atoms with E-state index in [2.05, 4.69) is 36.0 Å². The first-order chi connectivity index (χ1) is 13.8. The van der Waals surface area contributed by atoms with Gasteiger partial charge in [0, 0.05) is 17.8 Å². The predicted octanol–water partition coefficient (Wildman–Crippen LogP) is 4.54. The molecular formula is C23H24N2O3S. The van der Waals surface area contributed by atoms with E-state index in [0.29, 0.717) is 23.7 Å². The number of benzene rings is 3. The van der Waals surface area contributed by atoms with Gasteiger partial charge in [-0.2, -0.15) is 0 Å². The lowest BCUT2D eigenvalue weighted by Crippen LogP contribution is -2.23. The molecule has 2 N–H and O–H groups in total. The molecule has 0 heterocycles. The summed E-state index contributed by atoms with van der Waals surface area (Å²) in [6.45, 7) is 4.63. The van der Waals surface area contributed by atoms with Crippen LogP contribution in [0.2, 0.25) is 0 Å². The van der Waals surface area contributed by atoms with Gasteiger partial charge in [0.25, 0.3) is 15.9 Å². The standard InChI is InChI=1S/C23H24N2O3S/c1-17(2)19-13-11-18(12-14-19)16-24-23(26)20-7-6-10-22(15-20)29(27,28)25-21-8-4-3-5-9-21/h3-15,17,25H,16H2,1-2H3,(H,24,26). The average molecular weight is 409 g/mol. The molecule has 0 spiro atoms. The predicted molar refractivity (Wildman–Crippen MR) is 115 cm³/mol. The lowest BCUT2D eigenvalue weighted by Gasteiger charge is -2.10. The molecule has 0 fully saturated rings. The lowest BCUT2D eigenvalue weighted by atomic mass is 10.0. The van der Waals surface area contributed by atoms with Gasteiger partial charge in [0.1, 0.15) is 0 Å². The van der Waals surface area contributed by atoms with E-state index < -0.39 is 10.0 Å². The van der Waals surface area contributed by atoms with Crippen molar-refractivity contribution in [2.45, 2.75) is 31.2 Å². The highest BCUT2D eigenvalue weighted by atomic mass is 32.2. The van der Waals surface area contributed by atoms with E-state index in [1.54, 1.807) is 42.5 Å². The van der Waals surface area contributed by atoms with Crippen LogP contribution in [0.15, 0.2) is 83.8 Å². The number of sulfonamides is 1. The van der Waals surface area contributed by atoms with Crippen molar-refractivity contribution in [3.8, 4) is 0 Å². The molecular weight excluding hydrogens is 384 g/mol. The van der Waals surface area contributed by atoms with Crippen LogP contribution in [0.3, 0.4) is 0 Å². The third-order valence-electron chi connectivity index (χ3n) is 4.53. The van der Waals surface area contributed by atoms with Gasteiger partial charge >= 0.3 is 0 Å². The third kappa shape index (κ3) is 5.45. The van der Waals surface area contributed by atoms with Gasteiger partial charge in [-0.15, -0.1) is 0 Å². The molecule has 0 aromatic heterocycles. The molecule has 0 unspecified atom stereocenters. The molecule has 0 radical (unpaired) electrons. The number of amides is 1. The van der Waals surface area contributed by atoms with Crippen molar-refractivity contribution in [3.05, 3.63) is 95.6 Å². The second-order valence-electron chi connectivity index (χ2n) is 7.08. The Labute approximate surface area is 171 Å². The van der Waals surface area contributed by atoms with Crippen LogP contribution in [0.25, 0.3) is 0 Å². The molecule has 0 bridgehead atoms. The smallest absolute Gasteiger partial charge is 0.261 e. The zero-order chi connectivity index (χ0) is 20.9. The van der Waals surface area contributed by atoms with Crippen molar-refractivity contribution in [1.29, 1.82) is 0 Å². The maximum Gasteiger partial charge on any atom is 0.261 e. The maximum atomic E-state index is 12.6. The Morgan fingerprint density at radius 3 is 2.24 bits per heavy atom. The first-order valence-electron chi connectivity index (χ1n) is 9.40. The number of anilines is 1. The van der Waals surface area contributed by atoms with Crippen molar-refractivity contribution in [3.63, 3.8) is 0 Å². The summed E-state index contributed by atoms with van der Waals surface area (Å²) in [6.07, 6.45) is 0. The Kier molecular flexibility index (Phi) is 6.34. The van der Waals surface area contributed by atoms with Crippen molar-refractivity contribution < 1.29 is 13.2 Å². The highest BCUT2D eigenvalue weighted by Crippen LogP contribution is 2.17. The summed E-state index contributed by atoms with van der Waals surface area (Å²) in [4.78, 5) is 12.5. The Morgan fingerprint density at radius 2 is 1.59 bits per heavy atom. The quantitative estimate of drug-likeness (QED) is 0.603. The van der Waals surface area contributed by atoms with Crippen LogP contribution in [-0.4, -0.2) is 14.3 Å². The van der Waals surface area contributed by atoms with Crippen LogP contribution in [-0.2, 0) is 16.6 Å². The van der Waals surface area contributed by atoms with E-state index in [1.807, 2.05) is 12.1 Å². The molecule has 0 aliphatic rings.